The number of nitrogens with one attached hydrogen (secondary N) is 1. The summed E-state index contributed by atoms with van der Waals surface area (Å²) in [6.45, 7) is 1.38. The van der Waals surface area contributed by atoms with Crippen LogP contribution in [0.2, 0.25) is 0 Å². The molecule has 1 aromatic heterocycles. The van der Waals surface area contributed by atoms with Crippen molar-refractivity contribution in [2.75, 3.05) is 20.2 Å². The average molecular weight is 322 g/mol. The Morgan fingerprint density at radius 1 is 1.23 bits per heavy atom. The largest absolute Gasteiger partial charge is 0.481 e. The molecule has 2 fully saturated rings. The number of hydrogen-bond donors (Lipinski definition) is 1. The van der Waals surface area contributed by atoms with E-state index in [9.17, 15) is 22.0 Å². The third-order valence-corrected chi connectivity index (χ3v) is 4.60. The molecule has 0 amide bonds. The molecule has 0 atom stereocenters. The molecule has 122 valence electrons. The van der Waals surface area contributed by atoms with Gasteiger partial charge in [-0.15, -0.1) is 0 Å². The minimum atomic E-state index is -4.72. The summed E-state index contributed by atoms with van der Waals surface area (Å²) in [7, 11) is 1.12. The van der Waals surface area contributed by atoms with E-state index in [-0.39, 0.29) is 5.41 Å². The summed E-state index contributed by atoms with van der Waals surface area (Å²) >= 11 is 0. The lowest BCUT2D eigenvalue weighted by Gasteiger charge is -2.56. The Morgan fingerprint density at radius 3 is 2.32 bits per heavy atom. The van der Waals surface area contributed by atoms with Gasteiger partial charge in [-0.05, 0) is 24.3 Å². The highest BCUT2D eigenvalue weighted by atomic mass is 19.4. The van der Waals surface area contributed by atoms with Crippen LogP contribution >= 0.6 is 0 Å². The average Bonchev–Trinajstić information content (AvgIpc) is 2.33. The zero-order valence-corrected chi connectivity index (χ0v) is 11.8. The molecule has 1 saturated heterocycles. The maximum Gasteiger partial charge on any atom is 0.417 e. The van der Waals surface area contributed by atoms with E-state index in [1.165, 1.54) is 0 Å². The van der Waals surface area contributed by atoms with Crippen molar-refractivity contribution in [3.8, 4) is 5.88 Å². The van der Waals surface area contributed by atoms with Crippen molar-refractivity contribution in [3.63, 3.8) is 0 Å². The second kappa shape index (κ2) is 4.78. The molecule has 0 aromatic carbocycles. The summed E-state index contributed by atoms with van der Waals surface area (Å²) < 4.78 is 72.2. The molecule has 1 N–H and O–H groups in total. The Bertz CT molecular complexity index is 575. The van der Waals surface area contributed by atoms with Gasteiger partial charge in [-0.1, -0.05) is 0 Å². The first kappa shape index (κ1) is 15.5. The van der Waals surface area contributed by atoms with Crippen LogP contribution in [0.3, 0.4) is 0 Å². The molecule has 0 bridgehead atoms. The topological polar surface area (TPSA) is 34.1 Å². The molecule has 3 rings (SSSR count). The molecule has 1 aliphatic carbocycles. The first-order valence-electron chi connectivity index (χ1n) is 6.88. The minimum Gasteiger partial charge on any atom is -0.481 e. The highest BCUT2D eigenvalue weighted by Crippen LogP contribution is 2.58. The van der Waals surface area contributed by atoms with Crippen LogP contribution in [-0.2, 0) is 12.1 Å². The van der Waals surface area contributed by atoms with Gasteiger partial charge in [0.15, 0.2) is 0 Å². The van der Waals surface area contributed by atoms with Crippen molar-refractivity contribution < 1.29 is 26.7 Å². The molecule has 1 aliphatic heterocycles. The highest BCUT2D eigenvalue weighted by molar-refractivity contribution is 5.36. The zero-order chi connectivity index (χ0) is 16.2. The van der Waals surface area contributed by atoms with Gasteiger partial charge in [0.2, 0.25) is 5.88 Å². The van der Waals surface area contributed by atoms with Gasteiger partial charge < -0.3 is 10.1 Å². The van der Waals surface area contributed by atoms with Crippen LogP contribution in [0.15, 0.2) is 12.3 Å². The molecule has 2 aliphatic rings. The predicted octanol–water partition coefficient (Wildman–Crippen LogP) is 3.20. The smallest absolute Gasteiger partial charge is 0.417 e. The Hall–Kier alpha value is -1.44. The van der Waals surface area contributed by atoms with Gasteiger partial charge in [0.25, 0.3) is 5.92 Å². The van der Waals surface area contributed by atoms with E-state index >= 15 is 0 Å². The van der Waals surface area contributed by atoms with Crippen molar-refractivity contribution in [1.82, 2.24) is 10.3 Å². The predicted molar refractivity (Wildman–Crippen MR) is 67.7 cm³/mol. The quantitative estimate of drug-likeness (QED) is 0.868. The molecule has 8 heteroatoms. The maximum absolute atomic E-state index is 14.6. The molecule has 1 saturated carbocycles. The number of alkyl halides is 5. The number of hydrogen-bond acceptors (Lipinski definition) is 3. The number of halogens is 5. The van der Waals surface area contributed by atoms with Gasteiger partial charge in [-0.3, -0.25) is 0 Å². The van der Waals surface area contributed by atoms with Gasteiger partial charge in [0.1, 0.15) is 0 Å². The Labute approximate surface area is 123 Å². The molecular weight excluding hydrogens is 307 g/mol. The minimum absolute atomic E-state index is 0.101. The fourth-order valence-corrected chi connectivity index (χ4v) is 3.24. The van der Waals surface area contributed by atoms with Crippen molar-refractivity contribution in [3.05, 3.63) is 23.4 Å². The lowest BCUT2D eigenvalue weighted by atomic mass is 9.56. The number of nitrogens with zero attached hydrogens (tertiary/aromatic N) is 1. The molecule has 0 unspecified atom stereocenters. The van der Waals surface area contributed by atoms with Crippen molar-refractivity contribution in [2.45, 2.75) is 24.9 Å². The lowest BCUT2D eigenvalue weighted by Crippen LogP contribution is -2.62. The molecule has 0 radical (unpaired) electrons. The number of aromatic nitrogens is 1. The maximum atomic E-state index is 14.6. The van der Waals surface area contributed by atoms with Gasteiger partial charge in [0.05, 0.1) is 18.2 Å². The van der Waals surface area contributed by atoms with Crippen LogP contribution in [0.25, 0.3) is 0 Å². The third kappa shape index (κ3) is 2.33. The van der Waals surface area contributed by atoms with Gasteiger partial charge in [-0.2, -0.15) is 13.2 Å². The normalized spacial score (nSPS) is 21.4. The zero-order valence-electron chi connectivity index (χ0n) is 11.8. The summed E-state index contributed by atoms with van der Waals surface area (Å²) in [5, 5.41) is 3.04. The molecule has 22 heavy (non-hydrogen) atoms. The first-order chi connectivity index (χ1) is 10.2. The van der Waals surface area contributed by atoms with Crippen LogP contribution in [-0.4, -0.2) is 25.2 Å². The van der Waals surface area contributed by atoms with Crippen molar-refractivity contribution in [1.29, 1.82) is 0 Å². The monoisotopic (exact) mass is 322 g/mol. The van der Waals surface area contributed by atoms with E-state index in [1.807, 2.05) is 0 Å². The Morgan fingerprint density at radius 2 is 1.86 bits per heavy atom. The standard InChI is InChI=1S/C14H15F5N2O/c1-22-11-10(2-8(5-21-11)14(17,18)19)13(15,16)9-3-12(4-9)6-20-7-12/h2,5,9,20H,3-4,6-7H2,1H3. The van der Waals surface area contributed by atoms with Crippen LogP contribution in [0, 0.1) is 11.3 Å². The van der Waals surface area contributed by atoms with E-state index in [1.54, 1.807) is 0 Å². The summed E-state index contributed by atoms with van der Waals surface area (Å²) in [6, 6.07) is 0.454. The SMILES string of the molecule is COc1ncc(C(F)(F)F)cc1C(F)(F)C1CC2(CNC2)C1. The fourth-order valence-electron chi connectivity index (χ4n) is 3.24. The van der Waals surface area contributed by atoms with Crippen LogP contribution in [0.4, 0.5) is 22.0 Å². The summed E-state index contributed by atoms with van der Waals surface area (Å²) in [5.74, 6) is -4.82. The summed E-state index contributed by atoms with van der Waals surface area (Å²) in [4.78, 5) is 3.41. The van der Waals surface area contributed by atoms with Crippen LogP contribution in [0.1, 0.15) is 24.0 Å². The Kier molecular flexibility index (Phi) is 3.36. The van der Waals surface area contributed by atoms with E-state index in [0.29, 0.717) is 38.2 Å². The summed E-state index contributed by atoms with van der Waals surface area (Å²) in [5.41, 5.74) is -2.07. The first-order valence-corrected chi connectivity index (χ1v) is 6.88. The second-order valence-corrected chi connectivity index (χ2v) is 6.11. The second-order valence-electron chi connectivity index (χ2n) is 6.11. The van der Waals surface area contributed by atoms with Crippen molar-refractivity contribution >= 4 is 0 Å². The van der Waals surface area contributed by atoms with Crippen molar-refractivity contribution in [2.24, 2.45) is 11.3 Å². The molecule has 2 heterocycles. The lowest BCUT2D eigenvalue weighted by molar-refractivity contribution is -0.158. The third-order valence-electron chi connectivity index (χ3n) is 4.60. The number of pyridine rings is 1. The van der Waals surface area contributed by atoms with E-state index in [4.69, 9.17) is 4.74 Å². The van der Waals surface area contributed by atoms with Crippen LogP contribution < -0.4 is 10.1 Å². The number of methoxy groups -OCH3 is 1. The number of rotatable bonds is 3. The van der Waals surface area contributed by atoms with Crippen LogP contribution in [0.5, 0.6) is 5.88 Å². The highest BCUT2D eigenvalue weighted by Gasteiger charge is 2.58. The Balaban J connectivity index is 1.91. The number of ether oxygens (including phenoxy) is 1. The molecule has 1 aromatic rings. The van der Waals surface area contributed by atoms with E-state index < -0.39 is 35.0 Å². The van der Waals surface area contributed by atoms with Gasteiger partial charge >= 0.3 is 6.18 Å². The fraction of sp³-hybridized carbons (Fsp3) is 0.643. The molecule has 3 nitrogen and oxygen atoms in total. The van der Waals surface area contributed by atoms with E-state index in [0.717, 1.165) is 7.11 Å². The van der Waals surface area contributed by atoms with Gasteiger partial charge in [-0.25, -0.2) is 13.8 Å². The molecule has 1 spiro atoms. The van der Waals surface area contributed by atoms with E-state index in [2.05, 4.69) is 10.3 Å². The van der Waals surface area contributed by atoms with Gasteiger partial charge in [0, 0.05) is 25.2 Å². The molecular formula is C14H15F5N2O. The summed E-state index contributed by atoms with van der Waals surface area (Å²) in [6.07, 6.45) is -3.61.